The number of nitrogens with zero attached hydrogens (tertiary/aromatic N) is 1. The number of amides is 1. The minimum atomic E-state index is 0.00157. The number of carbonyl (C=O) groups excluding carboxylic acids is 1. The van der Waals surface area contributed by atoms with Crippen molar-refractivity contribution in [3.63, 3.8) is 0 Å². The topological polar surface area (TPSA) is 78.9 Å². The molecule has 0 aromatic heterocycles. The highest BCUT2D eigenvalue weighted by Crippen LogP contribution is 2.29. The van der Waals surface area contributed by atoms with Crippen LogP contribution < -0.4 is 11.1 Å². The van der Waals surface area contributed by atoms with Crippen LogP contribution in [0.4, 0.5) is 0 Å². The monoisotopic (exact) mass is 195 g/mol. The summed E-state index contributed by atoms with van der Waals surface area (Å²) in [4.78, 5) is 11.6. The van der Waals surface area contributed by atoms with E-state index in [0.29, 0.717) is 12.5 Å². The van der Waals surface area contributed by atoms with Gasteiger partial charge in [0, 0.05) is 5.92 Å². The number of nitrogens with two attached hydrogens (primary N) is 1. The van der Waals surface area contributed by atoms with Gasteiger partial charge in [0.1, 0.15) is 6.54 Å². The fourth-order valence-electron chi connectivity index (χ4n) is 2.09. The third-order valence-electron chi connectivity index (χ3n) is 2.89. The summed E-state index contributed by atoms with van der Waals surface area (Å²) in [6.07, 6.45) is 4.23. The van der Waals surface area contributed by atoms with Crippen LogP contribution in [-0.4, -0.2) is 19.0 Å². The predicted molar refractivity (Wildman–Crippen MR) is 53.1 cm³/mol. The van der Waals surface area contributed by atoms with E-state index in [4.69, 9.17) is 11.0 Å². The molecule has 0 aliphatic heterocycles. The molecule has 2 unspecified atom stereocenters. The fourth-order valence-corrected chi connectivity index (χ4v) is 2.09. The first-order valence-corrected chi connectivity index (χ1v) is 5.14. The van der Waals surface area contributed by atoms with Gasteiger partial charge in [-0.15, -0.1) is 0 Å². The van der Waals surface area contributed by atoms with E-state index in [-0.39, 0.29) is 18.4 Å². The van der Waals surface area contributed by atoms with Gasteiger partial charge in [-0.1, -0.05) is 12.8 Å². The van der Waals surface area contributed by atoms with Crippen molar-refractivity contribution in [1.82, 2.24) is 5.32 Å². The summed E-state index contributed by atoms with van der Waals surface area (Å²) < 4.78 is 0. The largest absolute Gasteiger partial charge is 0.343 e. The molecule has 0 bridgehead atoms. The highest BCUT2D eigenvalue weighted by atomic mass is 16.1. The van der Waals surface area contributed by atoms with E-state index >= 15 is 0 Å². The molecular weight excluding hydrogens is 178 g/mol. The lowest BCUT2D eigenvalue weighted by molar-refractivity contribution is -0.127. The maximum absolute atomic E-state index is 11.6. The van der Waals surface area contributed by atoms with E-state index in [9.17, 15) is 4.79 Å². The first-order chi connectivity index (χ1) is 6.79. The van der Waals surface area contributed by atoms with Crippen LogP contribution in [0.25, 0.3) is 0 Å². The third kappa shape index (κ3) is 2.71. The van der Waals surface area contributed by atoms with Gasteiger partial charge < -0.3 is 11.1 Å². The van der Waals surface area contributed by atoms with Gasteiger partial charge in [-0.3, -0.25) is 4.79 Å². The fraction of sp³-hybridized carbons (Fsp3) is 0.800. The molecule has 2 atom stereocenters. The summed E-state index contributed by atoms with van der Waals surface area (Å²) >= 11 is 0. The molecule has 1 amide bonds. The van der Waals surface area contributed by atoms with Gasteiger partial charge in [0.2, 0.25) is 5.91 Å². The maximum atomic E-state index is 11.6. The van der Waals surface area contributed by atoms with Crippen LogP contribution in [-0.2, 0) is 4.79 Å². The van der Waals surface area contributed by atoms with Crippen LogP contribution in [0.2, 0.25) is 0 Å². The molecule has 0 radical (unpaired) electrons. The molecule has 3 N–H and O–H groups in total. The zero-order valence-corrected chi connectivity index (χ0v) is 8.33. The number of carbonyl (C=O) groups is 1. The summed E-state index contributed by atoms with van der Waals surface area (Å²) in [5.41, 5.74) is 5.62. The number of hydrogen-bond donors (Lipinski definition) is 2. The molecule has 0 saturated heterocycles. The van der Waals surface area contributed by atoms with E-state index < -0.39 is 0 Å². The van der Waals surface area contributed by atoms with E-state index in [1.807, 2.05) is 6.07 Å². The average molecular weight is 195 g/mol. The third-order valence-corrected chi connectivity index (χ3v) is 2.89. The van der Waals surface area contributed by atoms with Crippen molar-refractivity contribution in [3.05, 3.63) is 0 Å². The number of rotatable bonds is 3. The predicted octanol–water partition coefficient (Wildman–Crippen LogP) is 0.391. The molecule has 1 aliphatic carbocycles. The summed E-state index contributed by atoms with van der Waals surface area (Å²) in [5, 5.41) is 11.0. The lowest BCUT2D eigenvalue weighted by Gasteiger charge is -2.29. The number of nitrogens with one attached hydrogen (secondary N) is 1. The van der Waals surface area contributed by atoms with Crippen LogP contribution >= 0.6 is 0 Å². The molecule has 78 valence electrons. The molecule has 4 heteroatoms. The Labute approximate surface area is 84.5 Å². The van der Waals surface area contributed by atoms with Crippen molar-refractivity contribution in [2.24, 2.45) is 17.6 Å². The maximum Gasteiger partial charge on any atom is 0.224 e. The van der Waals surface area contributed by atoms with E-state index in [1.54, 1.807) is 0 Å². The highest BCUT2D eigenvalue weighted by Gasteiger charge is 2.29. The Morgan fingerprint density at radius 1 is 1.50 bits per heavy atom. The van der Waals surface area contributed by atoms with Gasteiger partial charge in [-0.2, -0.15) is 5.26 Å². The van der Waals surface area contributed by atoms with Crippen molar-refractivity contribution < 1.29 is 4.79 Å². The molecular formula is C10H17N3O. The second-order valence-electron chi connectivity index (χ2n) is 3.76. The minimum Gasteiger partial charge on any atom is -0.343 e. The molecule has 0 aromatic carbocycles. The Morgan fingerprint density at radius 3 is 2.86 bits per heavy atom. The second-order valence-corrected chi connectivity index (χ2v) is 3.76. The molecule has 1 saturated carbocycles. The van der Waals surface area contributed by atoms with Gasteiger partial charge in [0.25, 0.3) is 0 Å². The van der Waals surface area contributed by atoms with Gasteiger partial charge in [0.15, 0.2) is 0 Å². The molecule has 1 rings (SSSR count). The molecule has 0 heterocycles. The van der Waals surface area contributed by atoms with Crippen LogP contribution in [0.1, 0.15) is 25.7 Å². The number of hydrogen-bond acceptors (Lipinski definition) is 3. The van der Waals surface area contributed by atoms with Gasteiger partial charge in [-0.05, 0) is 25.3 Å². The van der Waals surface area contributed by atoms with Gasteiger partial charge in [0.05, 0.1) is 6.07 Å². The highest BCUT2D eigenvalue weighted by molar-refractivity contribution is 5.79. The quantitative estimate of drug-likeness (QED) is 0.639. The SMILES string of the molecule is N#CCNC(=O)C1CCCCC1CN. The second kappa shape index (κ2) is 5.61. The van der Waals surface area contributed by atoms with E-state index in [0.717, 1.165) is 19.3 Å². The van der Waals surface area contributed by atoms with E-state index in [1.165, 1.54) is 6.42 Å². The Hall–Kier alpha value is -1.08. The zero-order chi connectivity index (χ0) is 10.4. The lowest BCUT2D eigenvalue weighted by Crippen LogP contribution is -2.39. The van der Waals surface area contributed by atoms with Gasteiger partial charge >= 0.3 is 0 Å². The summed E-state index contributed by atoms with van der Waals surface area (Å²) in [7, 11) is 0. The van der Waals surface area contributed by atoms with Crippen molar-refractivity contribution in [3.8, 4) is 6.07 Å². The Bertz CT molecular complexity index is 234. The standard InChI is InChI=1S/C10H17N3O/c11-5-6-13-10(14)9-4-2-1-3-8(9)7-12/h8-9H,1-4,6-7,12H2,(H,13,14). The normalized spacial score (nSPS) is 26.6. The average Bonchev–Trinajstić information content (AvgIpc) is 2.25. The summed E-state index contributed by atoms with van der Waals surface area (Å²) in [6.45, 7) is 0.678. The molecule has 1 aliphatic rings. The van der Waals surface area contributed by atoms with Crippen LogP contribution in [0.15, 0.2) is 0 Å². The van der Waals surface area contributed by atoms with Crippen LogP contribution in [0.3, 0.4) is 0 Å². The lowest BCUT2D eigenvalue weighted by atomic mass is 9.79. The molecule has 1 fully saturated rings. The first-order valence-electron chi connectivity index (χ1n) is 5.14. The molecule has 4 nitrogen and oxygen atoms in total. The Kier molecular flexibility index (Phi) is 4.41. The Morgan fingerprint density at radius 2 is 2.21 bits per heavy atom. The minimum absolute atomic E-state index is 0.00157. The smallest absolute Gasteiger partial charge is 0.224 e. The van der Waals surface area contributed by atoms with E-state index in [2.05, 4.69) is 5.32 Å². The Balaban J connectivity index is 2.46. The van der Waals surface area contributed by atoms with Crippen molar-refractivity contribution in [2.45, 2.75) is 25.7 Å². The van der Waals surface area contributed by atoms with Crippen LogP contribution in [0.5, 0.6) is 0 Å². The summed E-state index contributed by atoms with van der Waals surface area (Å²) in [5.74, 6) is 0.339. The van der Waals surface area contributed by atoms with Gasteiger partial charge in [-0.25, -0.2) is 0 Å². The van der Waals surface area contributed by atoms with Crippen molar-refractivity contribution in [1.29, 1.82) is 5.26 Å². The molecule has 0 spiro atoms. The van der Waals surface area contributed by atoms with Crippen molar-refractivity contribution >= 4 is 5.91 Å². The van der Waals surface area contributed by atoms with Crippen molar-refractivity contribution in [2.75, 3.05) is 13.1 Å². The molecule has 14 heavy (non-hydrogen) atoms. The zero-order valence-electron chi connectivity index (χ0n) is 8.33. The first kappa shape index (κ1) is 11.0. The molecule has 0 aromatic rings. The van der Waals surface area contributed by atoms with Crippen LogP contribution in [0, 0.1) is 23.2 Å². The summed E-state index contributed by atoms with van der Waals surface area (Å²) in [6, 6.07) is 1.91. The number of nitriles is 1.